The van der Waals surface area contributed by atoms with Crippen molar-refractivity contribution in [3.8, 4) is 0 Å². The number of nitrogens with zero attached hydrogens (tertiary/aromatic N) is 1. The molecule has 0 aromatic heterocycles. The fourth-order valence-electron chi connectivity index (χ4n) is 2.48. The summed E-state index contributed by atoms with van der Waals surface area (Å²) in [7, 11) is -3.41. The van der Waals surface area contributed by atoms with Gasteiger partial charge in [0.25, 0.3) is 0 Å². The van der Waals surface area contributed by atoms with Crippen molar-refractivity contribution < 1.29 is 8.42 Å². The number of hydrogen-bond acceptors (Lipinski definition) is 3. The lowest BCUT2D eigenvalue weighted by molar-refractivity contribution is 0.408. The van der Waals surface area contributed by atoms with E-state index in [1.807, 2.05) is 6.92 Å². The Morgan fingerprint density at radius 3 is 2.63 bits per heavy atom. The molecule has 1 fully saturated rings. The Morgan fingerprint density at radius 1 is 1.47 bits per heavy atom. The summed E-state index contributed by atoms with van der Waals surface area (Å²) in [6.07, 6.45) is 1.84. The van der Waals surface area contributed by atoms with Crippen LogP contribution in [0.15, 0.2) is 23.1 Å². The van der Waals surface area contributed by atoms with Crippen LogP contribution in [-0.2, 0) is 10.0 Å². The molecule has 1 heterocycles. The Kier molecular flexibility index (Phi) is 3.94. The quantitative estimate of drug-likeness (QED) is 0.864. The second-order valence-corrected chi connectivity index (χ2v) is 7.25. The molecule has 4 nitrogen and oxygen atoms in total. The molecular weight excluding hydrogens is 280 g/mol. The van der Waals surface area contributed by atoms with E-state index in [0.717, 1.165) is 12.8 Å². The van der Waals surface area contributed by atoms with Crippen molar-refractivity contribution in [2.75, 3.05) is 6.54 Å². The maximum Gasteiger partial charge on any atom is 0.243 e. The Bertz CT molecular complexity index is 611. The van der Waals surface area contributed by atoms with Crippen molar-refractivity contribution >= 4 is 27.2 Å². The highest BCUT2D eigenvalue weighted by Gasteiger charge is 2.33. The molecule has 0 radical (unpaired) electrons. The van der Waals surface area contributed by atoms with Gasteiger partial charge in [0.05, 0.1) is 4.90 Å². The van der Waals surface area contributed by atoms with Crippen molar-refractivity contribution in [3.05, 3.63) is 29.3 Å². The number of benzene rings is 1. The van der Waals surface area contributed by atoms with Crippen LogP contribution in [0.5, 0.6) is 0 Å². The molecule has 19 heavy (non-hydrogen) atoms. The number of aryl methyl sites for hydroxylation is 1. The minimum Gasteiger partial charge on any atom is -0.389 e. The normalized spacial score (nSPS) is 20.6. The predicted octanol–water partition coefficient (Wildman–Crippen LogP) is 1.80. The van der Waals surface area contributed by atoms with Crippen LogP contribution in [0.2, 0.25) is 0 Å². The average molecular weight is 298 g/mol. The summed E-state index contributed by atoms with van der Waals surface area (Å²) in [5, 5.41) is 0. The van der Waals surface area contributed by atoms with Gasteiger partial charge in [-0.3, -0.25) is 0 Å². The molecular formula is C13H18N2O2S2. The molecule has 1 saturated heterocycles. The molecule has 1 aromatic rings. The zero-order valence-electron chi connectivity index (χ0n) is 11.1. The van der Waals surface area contributed by atoms with Crippen molar-refractivity contribution in [2.24, 2.45) is 5.73 Å². The third kappa shape index (κ3) is 2.66. The first-order chi connectivity index (χ1) is 8.84. The lowest BCUT2D eigenvalue weighted by atomic mass is 10.1. The number of rotatable bonds is 3. The van der Waals surface area contributed by atoms with Gasteiger partial charge in [-0.1, -0.05) is 18.3 Å². The molecule has 0 bridgehead atoms. The molecule has 0 aliphatic carbocycles. The maximum absolute atomic E-state index is 12.6. The van der Waals surface area contributed by atoms with Crippen molar-refractivity contribution in [2.45, 2.75) is 37.6 Å². The summed E-state index contributed by atoms with van der Waals surface area (Å²) in [6.45, 7) is 4.32. The molecule has 0 saturated carbocycles. The molecule has 1 aliphatic rings. The van der Waals surface area contributed by atoms with E-state index in [-0.39, 0.29) is 11.0 Å². The summed E-state index contributed by atoms with van der Waals surface area (Å²) >= 11 is 4.90. The largest absolute Gasteiger partial charge is 0.389 e. The topological polar surface area (TPSA) is 63.4 Å². The van der Waals surface area contributed by atoms with Gasteiger partial charge in [0.1, 0.15) is 4.99 Å². The number of sulfonamides is 1. The van der Waals surface area contributed by atoms with Gasteiger partial charge in [-0.25, -0.2) is 8.42 Å². The van der Waals surface area contributed by atoms with Crippen molar-refractivity contribution in [3.63, 3.8) is 0 Å². The first-order valence-electron chi connectivity index (χ1n) is 6.26. The third-order valence-electron chi connectivity index (χ3n) is 3.54. The van der Waals surface area contributed by atoms with E-state index >= 15 is 0 Å². The highest BCUT2D eigenvalue weighted by molar-refractivity contribution is 7.89. The first-order valence-corrected chi connectivity index (χ1v) is 8.11. The molecule has 2 rings (SSSR count). The summed E-state index contributed by atoms with van der Waals surface area (Å²) < 4.78 is 26.8. The van der Waals surface area contributed by atoms with E-state index in [9.17, 15) is 8.42 Å². The van der Waals surface area contributed by atoms with E-state index < -0.39 is 10.0 Å². The van der Waals surface area contributed by atoms with Crippen LogP contribution >= 0.6 is 12.2 Å². The number of thiocarbonyl (C=S) groups is 1. The number of nitrogens with two attached hydrogens (primary N) is 1. The van der Waals surface area contributed by atoms with Gasteiger partial charge in [0, 0.05) is 18.2 Å². The van der Waals surface area contributed by atoms with Gasteiger partial charge in [-0.15, -0.1) is 0 Å². The SMILES string of the molecule is Cc1cc(C(N)=S)ccc1S(=O)(=O)N1CCCC1C. The summed E-state index contributed by atoms with van der Waals surface area (Å²) in [6, 6.07) is 5.07. The molecule has 1 atom stereocenters. The van der Waals surface area contributed by atoms with Gasteiger partial charge in [0.15, 0.2) is 0 Å². The van der Waals surface area contributed by atoms with Crippen LogP contribution < -0.4 is 5.73 Å². The molecule has 1 unspecified atom stereocenters. The highest BCUT2D eigenvalue weighted by atomic mass is 32.2. The first kappa shape index (κ1) is 14.4. The van der Waals surface area contributed by atoms with Crippen molar-refractivity contribution in [1.29, 1.82) is 0 Å². The third-order valence-corrected chi connectivity index (χ3v) is 5.95. The van der Waals surface area contributed by atoms with Crippen LogP contribution in [0.3, 0.4) is 0 Å². The predicted molar refractivity (Wildman–Crippen MR) is 79.7 cm³/mol. The Morgan fingerprint density at radius 2 is 2.16 bits per heavy atom. The fourth-order valence-corrected chi connectivity index (χ4v) is 4.52. The lowest BCUT2D eigenvalue weighted by Gasteiger charge is -2.22. The molecule has 104 valence electrons. The van der Waals surface area contributed by atoms with E-state index in [1.54, 1.807) is 29.4 Å². The molecule has 0 amide bonds. The van der Waals surface area contributed by atoms with E-state index in [2.05, 4.69) is 0 Å². The molecule has 1 aliphatic heterocycles. The molecule has 2 N–H and O–H groups in total. The summed E-state index contributed by atoms with van der Waals surface area (Å²) in [4.78, 5) is 0.628. The minimum absolute atomic E-state index is 0.0691. The van der Waals surface area contributed by atoms with Crippen LogP contribution in [0.4, 0.5) is 0 Å². The molecule has 1 aromatic carbocycles. The minimum atomic E-state index is -3.41. The van der Waals surface area contributed by atoms with E-state index in [0.29, 0.717) is 22.6 Å². The summed E-state index contributed by atoms with van der Waals surface area (Å²) in [5.41, 5.74) is 6.94. The lowest BCUT2D eigenvalue weighted by Crippen LogP contribution is -2.34. The smallest absolute Gasteiger partial charge is 0.243 e. The fraction of sp³-hybridized carbons (Fsp3) is 0.462. The second kappa shape index (κ2) is 5.19. The molecule has 0 spiro atoms. The second-order valence-electron chi connectivity index (χ2n) is 4.95. The van der Waals surface area contributed by atoms with E-state index in [1.165, 1.54) is 0 Å². The Labute approximate surface area is 119 Å². The zero-order valence-corrected chi connectivity index (χ0v) is 12.7. The van der Waals surface area contributed by atoms with E-state index in [4.69, 9.17) is 18.0 Å². The van der Waals surface area contributed by atoms with Gasteiger partial charge in [0.2, 0.25) is 10.0 Å². The van der Waals surface area contributed by atoms with Gasteiger partial charge >= 0.3 is 0 Å². The standard InChI is InChI=1S/C13H18N2O2S2/c1-9-8-11(13(14)18)5-6-12(9)19(16,17)15-7-3-4-10(15)2/h5-6,8,10H,3-4,7H2,1-2H3,(H2,14,18). The number of hydrogen-bond donors (Lipinski definition) is 1. The van der Waals surface area contributed by atoms with Crippen LogP contribution in [0, 0.1) is 6.92 Å². The average Bonchev–Trinajstić information content (AvgIpc) is 2.75. The maximum atomic E-state index is 12.6. The summed E-state index contributed by atoms with van der Waals surface area (Å²) in [5.74, 6) is 0. The Hall–Kier alpha value is -0.980. The van der Waals surface area contributed by atoms with Crippen LogP contribution in [0.1, 0.15) is 30.9 Å². The van der Waals surface area contributed by atoms with Gasteiger partial charge in [-0.05, 0) is 44.4 Å². The van der Waals surface area contributed by atoms with Crippen LogP contribution in [0.25, 0.3) is 0 Å². The van der Waals surface area contributed by atoms with Crippen molar-refractivity contribution in [1.82, 2.24) is 4.31 Å². The molecule has 6 heteroatoms. The monoisotopic (exact) mass is 298 g/mol. The highest BCUT2D eigenvalue weighted by Crippen LogP contribution is 2.27. The van der Waals surface area contributed by atoms with Gasteiger partial charge < -0.3 is 5.73 Å². The van der Waals surface area contributed by atoms with Gasteiger partial charge in [-0.2, -0.15) is 4.31 Å². The zero-order chi connectivity index (χ0) is 14.2. The van der Waals surface area contributed by atoms with Crippen LogP contribution in [-0.4, -0.2) is 30.3 Å². The Balaban J connectivity index is 2.44.